The number of hydrogen-bond donors (Lipinski definition) is 1. The molecule has 5 heteroatoms. The van der Waals surface area contributed by atoms with Crippen LogP contribution in [-0.2, 0) is 9.84 Å². The third-order valence-corrected chi connectivity index (χ3v) is 3.86. The van der Waals surface area contributed by atoms with E-state index in [0.29, 0.717) is 23.3 Å². The van der Waals surface area contributed by atoms with Crippen molar-refractivity contribution in [3.8, 4) is 5.75 Å². The zero-order chi connectivity index (χ0) is 13.6. The first-order valence-corrected chi connectivity index (χ1v) is 7.99. The van der Waals surface area contributed by atoms with Gasteiger partial charge in [-0.2, -0.15) is 0 Å². The second-order valence-corrected chi connectivity index (χ2v) is 6.37. The molecule has 0 spiro atoms. The molecule has 0 saturated heterocycles. The van der Waals surface area contributed by atoms with Gasteiger partial charge in [-0.15, -0.1) is 0 Å². The Morgan fingerprint density at radius 2 is 1.89 bits per heavy atom. The van der Waals surface area contributed by atoms with Gasteiger partial charge < -0.3 is 10.1 Å². The molecule has 1 aromatic carbocycles. The van der Waals surface area contributed by atoms with Crippen molar-refractivity contribution in [2.45, 2.75) is 31.2 Å². The highest BCUT2D eigenvalue weighted by atomic mass is 32.2. The molecule has 0 aliphatic rings. The average Bonchev–Trinajstić information content (AvgIpc) is 2.33. The Hall–Kier alpha value is -1.07. The van der Waals surface area contributed by atoms with Crippen molar-refractivity contribution in [1.82, 2.24) is 5.32 Å². The summed E-state index contributed by atoms with van der Waals surface area (Å²) >= 11 is 0. The van der Waals surface area contributed by atoms with Crippen LogP contribution in [0.15, 0.2) is 29.2 Å². The molecule has 0 aliphatic heterocycles. The van der Waals surface area contributed by atoms with E-state index < -0.39 is 9.84 Å². The van der Waals surface area contributed by atoms with Crippen LogP contribution in [0.4, 0.5) is 0 Å². The number of ether oxygens (including phenoxy) is 1. The van der Waals surface area contributed by atoms with Crippen LogP contribution in [0, 0.1) is 0 Å². The van der Waals surface area contributed by atoms with E-state index >= 15 is 0 Å². The van der Waals surface area contributed by atoms with E-state index in [9.17, 15) is 8.42 Å². The summed E-state index contributed by atoms with van der Waals surface area (Å²) in [5.41, 5.74) is 0. The Morgan fingerprint density at radius 3 is 2.39 bits per heavy atom. The van der Waals surface area contributed by atoms with Crippen molar-refractivity contribution in [1.29, 1.82) is 0 Å². The summed E-state index contributed by atoms with van der Waals surface area (Å²) in [4.78, 5) is 0.313. The fourth-order valence-corrected chi connectivity index (χ4v) is 2.03. The van der Waals surface area contributed by atoms with Crippen LogP contribution in [0.25, 0.3) is 0 Å². The molecule has 18 heavy (non-hydrogen) atoms. The third-order valence-electron chi connectivity index (χ3n) is 2.73. The van der Waals surface area contributed by atoms with Crippen LogP contribution < -0.4 is 10.1 Å². The molecule has 0 aliphatic carbocycles. The zero-order valence-corrected chi connectivity index (χ0v) is 12.0. The maximum absolute atomic E-state index is 11.3. The average molecular weight is 271 g/mol. The summed E-state index contributed by atoms with van der Waals surface area (Å²) in [5, 5.41) is 3.32. The lowest BCUT2D eigenvalue weighted by molar-refractivity contribution is 0.306. The minimum absolute atomic E-state index is 0.313. The fraction of sp³-hybridized carbons (Fsp3) is 0.538. The van der Waals surface area contributed by atoms with Crippen molar-refractivity contribution in [3.05, 3.63) is 24.3 Å². The van der Waals surface area contributed by atoms with E-state index in [0.717, 1.165) is 13.0 Å². The highest BCUT2D eigenvalue weighted by Crippen LogP contribution is 2.15. The lowest BCUT2D eigenvalue weighted by Gasteiger charge is -2.12. The molecule has 102 valence electrons. The van der Waals surface area contributed by atoms with Crippen LogP contribution in [0.2, 0.25) is 0 Å². The highest BCUT2D eigenvalue weighted by Gasteiger charge is 2.06. The van der Waals surface area contributed by atoms with Gasteiger partial charge in [0.15, 0.2) is 9.84 Å². The SMILES string of the molecule is CCC(C)NCCOc1ccc(S(C)(=O)=O)cc1. The number of rotatable bonds is 7. The van der Waals surface area contributed by atoms with E-state index in [1.165, 1.54) is 6.26 Å². The molecule has 4 nitrogen and oxygen atoms in total. The second kappa shape index (κ2) is 6.75. The molecular formula is C13H21NO3S. The van der Waals surface area contributed by atoms with Gasteiger partial charge in [0.2, 0.25) is 0 Å². The van der Waals surface area contributed by atoms with Gasteiger partial charge in [0, 0.05) is 18.8 Å². The number of nitrogens with one attached hydrogen (secondary N) is 1. The van der Waals surface area contributed by atoms with Crippen molar-refractivity contribution in [2.24, 2.45) is 0 Å². The second-order valence-electron chi connectivity index (χ2n) is 4.36. The molecule has 1 aromatic rings. The van der Waals surface area contributed by atoms with Gasteiger partial charge in [0.05, 0.1) is 4.90 Å². The molecule has 0 fully saturated rings. The lowest BCUT2D eigenvalue weighted by Crippen LogP contribution is -2.29. The maximum atomic E-state index is 11.3. The van der Waals surface area contributed by atoms with Gasteiger partial charge >= 0.3 is 0 Å². The number of hydrogen-bond acceptors (Lipinski definition) is 4. The topological polar surface area (TPSA) is 55.4 Å². The quantitative estimate of drug-likeness (QED) is 0.769. The minimum Gasteiger partial charge on any atom is -0.492 e. The molecule has 0 heterocycles. The van der Waals surface area contributed by atoms with Crippen LogP contribution in [0.3, 0.4) is 0 Å². The Kier molecular flexibility index (Phi) is 5.62. The van der Waals surface area contributed by atoms with Crippen LogP contribution in [0.5, 0.6) is 5.75 Å². The van der Waals surface area contributed by atoms with Gasteiger partial charge in [0.25, 0.3) is 0 Å². The Bertz CT molecular complexity index is 454. The summed E-state index contributed by atoms with van der Waals surface area (Å²) in [6, 6.07) is 6.97. The van der Waals surface area contributed by atoms with Crippen molar-refractivity contribution in [2.75, 3.05) is 19.4 Å². The zero-order valence-electron chi connectivity index (χ0n) is 11.1. The largest absolute Gasteiger partial charge is 0.492 e. The molecule has 0 amide bonds. The highest BCUT2D eigenvalue weighted by molar-refractivity contribution is 7.90. The maximum Gasteiger partial charge on any atom is 0.175 e. The first-order valence-electron chi connectivity index (χ1n) is 6.09. The molecule has 1 atom stereocenters. The fourth-order valence-electron chi connectivity index (χ4n) is 1.40. The van der Waals surface area contributed by atoms with E-state index in [-0.39, 0.29) is 0 Å². The molecule has 0 saturated carbocycles. The molecule has 1 unspecified atom stereocenters. The molecule has 0 radical (unpaired) electrons. The Morgan fingerprint density at radius 1 is 1.28 bits per heavy atom. The van der Waals surface area contributed by atoms with Crippen LogP contribution in [0.1, 0.15) is 20.3 Å². The van der Waals surface area contributed by atoms with Crippen molar-refractivity contribution in [3.63, 3.8) is 0 Å². The smallest absolute Gasteiger partial charge is 0.175 e. The molecular weight excluding hydrogens is 250 g/mol. The summed E-state index contributed by atoms with van der Waals surface area (Å²) in [7, 11) is -3.13. The summed E-state index contributed by atoms with van der Waals surface area (Å²) in [6.07, 6.45) is 2.28. The lowest BCUT2D eigenvalue weighted by atomic mass is 10.3. The molecule has 1 rings (SSSR count). The standard InChI is InChI=1S/C13H21NO3S/c1-4-11(2)14-9-10-17-12-5-7-13(8-6-12)18(3,15)16/h5-8,11,14H,4,9-10H2,1-3H3. The first-order chi connectivity index (χ1) is 8.43. The summed E-state index contributed by atoms with van der Waals surface area (Å²) < 4.78 is 28.0. The predicted octanol–water partition coefficient (Wildman–Crippen LogP) is 1.86. The first kappa shape index (κ1) is 15.0. The van der Waals surface area contributed by atoms with Gasteiger partial charge in [-0.3, -0.25) is 0 Å². The Labute approximate surface area is 109 Å². The molecule has 1 N–H and O–H groups in total. The monoisotopic (exact) mass is 271 g/mol. The normalized spacial score (nSPS) is 13.3. The molecule has 0 bridgehead atoms. The molecule has 0 aromatic heterocycles. The van der Waals surface area contributed by atoms with E-state index in [4.69, 9.17) is 4.74 Å². The van der Waals surface area contributed by atoms with E-state index in [2.05, 4.69) is 19.2 Å². The third kappa shape index (κ3) is 5.06. The van der Waals surface area contributed by atoms with Gasteiger partial charge in [-0.1, -0.05) is 6.92 Å². The van der Waals surface area contributed by atoms with E-state index in [1.807, 2.05) is 0 Å². The predicted molar refractivity (Wildman–Crippen MR) is 72.8 cm³/mol. The van der Waals surface area contributed by atoms with Gasteiger partial charge in [-0.25, -0.2) is 8.42 Å². The van der Waals surface area contributed by atoms with Crippen LogP contribution in [-0.4, -0.2) is 33.9 Å². The van der Waals surface area contributed by atoms with Gasteiger partial charge in [0.1, 0.15) is 12.4 Å². The summed E-state index contributed by atoms with van der Waals surface area (Å²) in [5.74, 6) is 0.688. The Balaban J connectivity index is 2.40. The van der Waals surface area contributed by atoms with Crippen molar-refractivity contribution >= 4 is 9.84 Å². The number of benzene rings is 1. The van der Waals surface area contributed by atoms with Crippen LogP contribution >= 0.6 is 0 Å². The van der Waals surface area contributed by atoms with Crippen molar-refractivity contribution < 1.29 is 13.2 Å². The minimum atomic E-state index is -3.13. The van der Waals surface area contributed by atoms with Gasteiger partial charge in [-0.05, 0) is 37.6 Å². The number of sulfone groups is 1. The van der Waals surface area contributed by atoms with E-state index in [1.54, 1.807) is 24.3 Å². The summed E-state index contributed by atoms with van der Waals surface area (Å²) in [6.45, 7) is 5.61.